The molecule has 0 bridgehead atoms. The number of nitro benzene ring substituents is 1. The number of nitro groups is 1. The number of carbonyl (C=O) groups excluding carboxylic acids is 1. The van der Waals surface area contributed by atoms with E-state index in [9.17, 15) is 24.8 Å². The van der Waals surface area contributed by atoms with Crippen molar-refractivity contribution in [1.82, 2.24) is 4.98 Å². The van der Waals surface area contributed by atoms with E-state index in [1.807, 2.05) is 24.3 Å². The van der Waals surface area contributed by atoms with Gasteiger partial charge in [-0.3, -0.25) is 14.9 Å². The highest BCUT2D eigenvalue weighted by Gasteiger charge is 2.23. The number of Topliss-reactive ketones (excluding diaryl/α,β-unsaturated/α-hetero) is 1. The van der Waals surface area contributed by atoms with E-state index in [1.165, 1.54) is 24.3 Å². The van der Waals surface area contributed by atoms with Crippen molar-refractivity contribution in [1.29, 1.82) is 0 Å². The van der Waals surface area contributed by atoms with Gasteiger partial charge in [-0.2, -0.15) is 0 Å². The molecule has 0 aliphatic rings. The summed E-state index contributed by atoms with van der Waals surface area (Å²) in [7, 11) is 0. The molecule has 8 nitrogen and oxygen atoms in total. The van der Waals surface area contributed by atoms with Crippen LogP contribution in [-0.4, -0.2) is 26.8 Å². The predicted molar refractivity (Wildman–Crippen MR) is 141 cm³/mol. The third-order valence-corrected chi connectivity index (χ3v) is 5.75. The number of hydrogen-bond acceptors (Lipinski definition) is 6. The van der Waals surface area contributed by atoms with Crippen LogP contribution in [0.15, 0.2) is 78.9 Å². The van der Waals surface area contributed by atoms with E-state index in [4.69, 9.17) is 4.74 Å². The van der Waals surface area contributed by atoms with Crippen molar-refractivity contribution in [3.63, 3.8) is 0 Å². The Morgan fingerprint density at radius 1 is 0.973 bits per heavy atom. The zero-order chi connectivity index (χ0) is 26.7. The molecule has 8 heteroatoms. The Morgan fingerprint density at radius 2 is 1.68 bits per heavy atom. The van der Waals surface area contributed by atoms with Crippen LogP contribution in [0.5, 0.6) is 11.5 Å². The molecule has 0 saturated carbocycles. The smallest absolute Gasteiger partial charge is 0.377 e. The number of rotatable bonds is 7. The summed E-state index contributed by atoms with van der Waals surface area (Å²) in [5.74, 6) is -2.39. The van der Waals surface area contributed by atoms with Crippen molar-refractivity contribution in [3.05, 3.63) is 106 Å². The molecule has 0 radical (unpaired) electrons. The van der Waals surface area contributed by atoms with E-state index in [-0.39, 0.29) is 33.7 Å². The number of fused-ring (bicyclic) bond motifs is 1. The first-order valence-corrected chi connectivity index (χ1v) is 11.5. The maximum absolute atomic E-state index is 12.5. The first kappa shape index (κ1) is 25.2. The van der Waals surface area contributed by atoms with Crippen LogP contribution in [0.1, 0.15) is 37.6 Å². The molecule has 0 atom stereocenters. The van der Waals surface area contributed by atoms with E-state index >= 15 is 0 Å². The number of carboxylic acid groups (broad SMARTS) is 1. The van der Waals surface area contributed by atoms with Crippen molar-refractivity contribution in [2.24, 2.45) is 0 Å². The molecule has 0 amide bonds. The largest absolute Gasteiger partial charge is 0.475 e. The molecular formula is C29H24N2O6. The van der Waals surface area contributed by atoms with E-state index in [1.54, 1.807) is 36.4 Å². The molecule has 1 heterocycles. The Kier molecular flexibility index (Phi) is 6.84. The number of hydrogen-bond donors (Lipinski definition) is 1. The molecule has 0 fully saturated rings. The molecule has 1 N–H and O–H groups in total. The summed E-state index contributed by atoms with van der Waals surface area (Å²) in [4.78, 5) is 39.7. The van der Waals surface area contributed by atoms with Crippen LogP contribution in [0.2, 0.25) is 0 Å². The number of ether oxygens (including phenoxy) is 1. The number of carboxylic acids is 1. The second-order valence-electron chi connectivity index (χ2n) is 9.44. The Balaban J connectivity index is 1.73. The van der Waals surface area contributed by atoms with Gasteiger partial charge in [0, 0.05) is 11.5 Å². The van der Waals surface area contributed by atoms with Crippen LogP contribution in [0.3, 0.4) is 0 Å². The maximum Gasteiger partial charge on any atom is 0.377 e. The number of benzene rings is 3. The standard InChI is InChI=1S/C29H24N2O6/c1-29(2,3)20-10-12-21(13-11-20)37-26-15-8-18(17-25(26)31(35)36)16-22(27(32)28(33)34)24-14-9-19-6-4-5-7-23(19)30-24/h4-17H,1-3H3,(H,33,34). The molecule has 4 rings (SSSR count). The average molecular weight is 497 g/mol. The number of aromatic nitrogens is 1. The van der Waals surface area contributed by atoms with Gasteiger partial charge in [-0.05, 0) is 52.9 Å². The minimum atomic E-state index is -1.66. The van der Waals surface area contributed by atoms with E-state index in [0.29, 0.717) is 11.3 Å². The Morgan fingerprint density at radius 3 is 2.32 bits per heavy atom. The number of pyridine rings is 1. The summed E-state index contributed by atoms with van der Waals surface area (Å²) < 4.78 is 5.78. The molecule has 186 valence electrons. The average Bonchev–Trinajstić information content (AvgIpc) is 2.87. The molecular weight excluding hydrogens is 472 g/mol. The Hall–Kier alpha value is -4.85. The summed E-state index contributed by atoms with van der Waals surface area (Å²) in [5, 5.41) is 22.0. The molecule has 0 saturated heterocycles. The fourth-order valence-electron chi connectivity index (χ4n) is 3.76. The second kappa shape index (κ2) is 10.0. The van der Waals surface area contributed by atoms with E-state index in [0.717, 1.165) is 10.9 Å². The summed E-state index contributed by atoms with van der Waals surface area (Å²) in [6, 6.07) is 21.9. The fraction of sp³-hybridized carbons (Fsp3) is 0.138. The molecule has 0 unspecified atom stereocenters. The number of para-hydroxylation sites is 1. The number of ketones is 1. The molecule has 4 aromatic rings. The predicted octanol–water partition coefficient (Wildman–Crippen LogP) is 6.43. The quantitative estimate of drug-likeness (QED) is 0.135. The first-order chi connectivity index (χ1) is 17.5. The zero-order valence-electron chi connectivity index (χ0n) is 20.5. The SMILES string of the molecule is CC(C)(C)c1ccc(Oc2ccc(C=C(C(=O)C(=O)O)c3ccc4ccccc4n3)cc2[N+](=O)[O-])cc1. The highest BCUT2D eigenvalue weighted by molar-refractivity contribution is 6.52. The number of nitrogens with zero attached hydrogens (tertiary/aromatic N) is 2. The van der Waals surface area contributed by atoms with Crippen molar-refractivity contribution < 1.29 is 24.4 Å². The third-order valence-electron chi connectivity index (χ3n) is 5.75. The first-order valence-electron chi connectivity index (χ1n) is 11.5. The van der Waals surface area contributed by atoms with Gasteiger partial charge in [-0.15, -0.1) is 0 Å². The minimum Gasteiger partial charge on any atom is -0.475 e. The molecule has 0 aliphatic carbocycles. The fourth-order valence-corrected chi connectivity index (χ4v) is 3.76. The summed E-state index contributed by atoms with van der Waals surface area (Å²) in [5.41, 5.74) is 1.49. The molecule has 3 aromatic carbocycles. The van der Waals surface area contributed by atoms with Crippen molar-refractivity contribution in [3.8, 4) is 11.5 Å². The van der Waals surface area contributed by atoms with Gasteiger partial charge in [0.25, 0.3) is 5.78 Å². The van der Waals surface area contributed by atoms with E-state index in [2.05, 4.69) is 25.8 Å². The lowest BCUT2D eigenvalue weighted by Gasteiger charge is -2.19. The topological polar surface area (TPSA) is 120 Å². The number of carbonyl (C=O) groups is 2. The van der Waals surface area contributed by atoms with Gasteiger partial charge in [-0.1, -0.05) is 63.2 Å². The van der Waals surface area contributed by atoms with Gasteiger partial charge in [0.2, 0.25) is 5.75 Å². The van der Waals surface area contributed by atoms with Crippen LogP contribution in [0, 0.1) is 10.1 Å². The molecule has 37 heavy (non-hydrogen) atoms. The zero-order valence-corrected chi connectivity index (χ0v) is 20.5. The van der Waals surface area contributed by atoms with Crippen LogP contribution >= 0.6 is 0 Å². The maximum atomic E-state index is 12.5. The van der Waals surface area contributed by atoms with Gasteiger partial charge >= 0.3 is 11.7 Å². The Bertz CT molecular complexity index is 1550. The molecule has 1 aromatic heterocycles. The normalized spacial score (nSPS) is 11.8. The summed E-state index contributed by atoms with van der Waals surface area (Å²) in [6.07, 6.45) is 1.28. The summed E-state index contributed by atoms with van der Waals surface area (Å²) in [6.45, 7) is 6.24. The van der Waals surface area contributed by atoms with Crippen LogP contribution < -0.4 is 4.74 Å². The lowest BCUT2D eigenvalue weighted by Crippen LogP contribution is -2.15. The molecule has 0 aliphatic heterocycles. The highest BCUT2D eigenvalue weighted by atomic mass is 16.6. The van der Waals surface area contributed by atoms with Crippen molar-refractivity contribution in [2.45, 2.75) is 26.2 Å². The van der Waals surface area contributed by atoms with Crippen LogP contribution in [0.4, 0.5) is 5.69 Å². The summed E-state index contributed by atoms with van der Waals surface area (Å²) >= 11 is 0. The van der Waals surface area contributed by atoms with Gasteiger partial charge in [-0.25, -0.2) is 9.78 Å². The third kappa shape index (κ3) is 5.70. The molecule has 0 spiro atoms. The van der Waals surface area contributed by atoms with Crippen LogP contribution in [0.25, 0.3) is 22.6 Å². The Labute approximate surface area is 213 Å². The van der Waals surface area contributed by atoms with Gasteiger partial charge in [0.05, 0.1) is 21.7 Å². The number of aliphatic carboxylic acids is 1. The van der Waals surface area contributed by atoms with Crippen LogP contribution in [-0.2, 0) is 15.0 Å². The van der Waals surface area contributed by atoms with E-state index < -0.39 is 16.7 Å². The monoisotopic (exact) mass is 496 g/mol. The van der Waals surface area contributed by atoms with Gasteiger partial charge < -0.3 is 9.84 Å². The van der Waals surface area contributed by atoms with Gasteiger partial charge in [0.15, 0.2) is 0 Å². The minimum absolute atomic E-state index is 0.0144. The van der Waals surface area contributed by atoms with Crippen molar-refractivity contribution in [2.75, 3.05) is 0 Å². The van der Waals surface area contributed by atoms with Gasteiger partial charge in [0.1, 0.15) is 5.75 Å². The lowest BCUT2D eigenvalue weighted by molar-refractivity contribution is -0.385. The highest BCUT2D eigenvalue weighted by Crippen LogP contribution is 2.34. The van der Waals surface area contributed by atoms with Crippen molar-refractivity contribution >= 4 is 40.0 Å². The lowest BCUT2D eigenvalue weighted by atomic mass is 9.87. The second-order valence-corrected chi connectivity index (χ2v) is 9.44.